The lowest BCUT2D eigenvalue weighted by atomic mass is 10.0. The van der Waals surface area contributed by atoms with Crippen molar-refractivity contribution in [3.63, 3.8) is 0 Å². The standard InChI is InChI=1S/C19H15NS/c1-20-16-11-6-5-10-15(16)18(17-12-7-13-21-17)19(20)14-8-3-2-4-9-14/h2-13H,1H3. The number of benzene rings is 2. The van der Waals surface area contributed by atoms with E-state index in [0.29, 0.717) is 0 Å². The minimum absolute atomic E-state index is 1.26. The van der Waals surface area contributed by atoms with Crippen molar-refractivity contribution in [2.45, 2.75) is 0 Å². The molecule has 102 valence electrons. The van der Waals surface area contributed by atoms with Gasteiger partial charge >= 0.3 is 0 Å². The molecule has 0 N–H and O–H groups in total. The van der Waals surface area contributed by atoms with E-state index in [2.05, 4.69) is 83.7 Å². The fourth-order valence-electron chi connectivity index (χ4n) is 3.00. The van der Waals surface area contributed by atoms with E-state index in [1.165, 1.54) is 32.6 Å². The summed E-state index contributed by atoms with van der Waals surface area (Å²) in [5.41, 5.74) is 5.17. The first-order chi connectivity index (χ1) is 10.4. The summed E-state index contributed by atoms with van der Waals surface area (Å²) in [5, 5.41) is 3.47. The normalized spacial score (nSPS) is 11.1. The first kappa shape index (κ1) is 12.4. The summed E-state index contributed by atoms with van der Waals surface area (Å²) < 4.78 is 2.31. The van der Waals surface area contributed by atoms with Crippen molar-refractivity contribution in [2.24, 2.45) is 7.05 Å². The maximum atomic E-state index is 2.31. The highest BCUT2D eigenvalue weighted by atomic mass is 32.1. The predicted molar refractivity (Wildman–Crippen MR) is 91.7 cm³/mol. The molecule has 0 bridgehead atoms. The molecule has 0 fully saturated rings. The quantitative estimate of drug-likeness (QED) is 0.454. The molecule has 21 heavy (non-hydrogen) atoms. The van der Waals surface area contributed by atoms with E-state index in [1.54, 1.807) is 11.3 Å². The number of para-hydroxylation sites is 1. The van der Waals surface area contributed by atoms with Gasteiger partial charge in [-0.1, -0.05) is 54.6 Å². The van der Waals surface area contributed by atoms with Crippen LogP contribution >= 0.6 is 11.3 Å². The third-order valence-corrected chi connectivity index (χ3v) is 4.81. The van der Waals surface area contributed by atoms with Gasteiger partial charge in [0.2, 0.25) is 0 Å². The Bertz CT molecular complexity index is 886. The molecule has 0 saturated carbocycles. The molecule has 0 radical (unpaired) electrons. The third-order valence-electron chi connectivity index (χ3n) is 3.92. The van der Waals surface area contributed by atoms with Crippen LogP contribution in [0.1, 0.15) is 0 Å². The number of fused-ring (bicyclic) bond motifs is 1. The SMILES string of the molecule is Cn1c(-c2ccccc2)c(-c2cccs2)c2ccccc21. The molecule has 2 aromatic carbocycles. The zero-order valence-corrected chi connectivity index (χ0v) is 12.6. The predicted octanol–water partition coefficient (Wildman–Crippen LogP) is 5.57. The highest BCUT2D eigenvalue weighted by Gasteiger charge is 2.18. The van der Waals surface area contributed by atoms with E-state index in [4.69, 9.17) is 0 Å². The first-order valence-electron chi connectivity index (χ1n) is 7.03. The van der Waals surface area contributed by atoms with Crippen LogP contribution in [0.2, 0.25) is 0 Å². The minimum atomic E-state index is 1.26. The smallest absolute Gasteiger partial charge is 0.0576 e. The highest BCUT2D eigenvalue weighted by molar-refractivity contribution is 7.13. The molecule has 1 nitrogen and oxygen atoms in total. The van der Waals surface area contributed by atoms with E-state index >= 15 is 0 Å². The van der Waals surface area contributed by atoms with Crippen molar-refractivity contribution < 1.29 is 0 Å². The Hall–Kier alpha value is -2.32. The second-order valence-corrected chi connectivity index (χ2v) is 6.09. The van der Waals surface area contributed by atoms with Crippen LogP contribution in [0, 0.1) is 0 Å². The summed E-state index contributed by atoms with van der Waals surface area (Å²) in [6.07, 6.45) is 0. The summed E-state index contributed by atoms with van der Waals surface area (Å²) >= 11 is 1.80. The van der Waals surface area contributed by atoms with E-state index < -0.39 is 0 Å². The van der Waals surface area contributed by atoms with Crippen LogP contribution in [0.25, 0.3) is 32.6 Å². The van der Waals surface area contributed by atoms with Crippen LogP contribution in [-0.4, -0.2) is 4.57 Å². The molecule has 0 amide bonds. The third kappa shape index (κ3) is 1.91. The van der Waals surface area contributed by atoms with Crippen LogP contribution in [0.4, 0.5) is 0 Å². The van der Waals surface area contributed by atoms with Crippen molar-refractivity contribution in [1.29, 1.82) is 0 Å². The number of nitrogens with zero attached hydrogens (tertiary/aromatic N) is 1. The zero-order chi connectivity index (χ0) is 14.2. The van der Waals surface area contributed by atoms with Crippen molar-refractivity contribution in [1.82, 2.24) is 4.57 Å². The molecule has 2 aromatic heterocycles. The molecule has 0 aliphatic heterocycles. The number of hydrogen-bond acceptors (Lipinski definition) is 1. The van der Waals surface area contributed by atoms with Crippen LogP contribution in [0.15, 0.2) is 72.1 Å². The van der Waals surface area contributed by atoms with Gasteiger partial charge in [0.05, 0.1) is 5.69 Å². The van der Waals surface area contributed by atoms with Gasteiger partial charge in [-0.25, -0.2) is 0 Å². The summed E-state index contributed by atoms with van der Waals surface area (Å²) in [4.78, 5) is 1.32. The average Bonchev–Trinajstić information content (AvgIpc) is 3.15. The van der Waals surface area contributed by atoms with Gasteiger partial charge in [0, 0.05) is 28.4 Å². The number of hydrogen-bond donors (Lipinski definition) is 0. The Morgan fingerprint density at radius 3 is 2.33 bits per heavy atom. The number of thiophene rings is 1. The van der Waals surface area contributed by atoms with Crippen LogP contribution in [0.3, 0.4) is 0 Å². The van der Waals surface area contributed by atoms with Crippen molar-refractivity contribution in [3.05, 3.63) is 72.1 Å². The van der Waals surface area contributed by atoms with Crippen LogP contribution < -0.4 is 0 Å². The van der Waals surface area contributed by atoms with Gasteiger partial charge in [-0.15, -0.1) is 11.3 Å². The van der Waals surface area contributed by atoms with E-state index in [-0.39, 0.29) is 0 Å². The van der Waals surface area contributed by atoms with E-state index in [0.717, 1.165) is 0 Å². The fourth-order valence-corrected chi connectivity index (χ4v) is 3.78. The molecule has 2 heteroatoms. The lowest BCUT2D eigenvalue weighted by Crippen LogP contribution is -1.91. The summed E-state index contributed by atoms with van der Waals surface area (Å²) in [5.74, 6) is 0. The van der Waals surface area contributed by atoms with Gasteiger partial charge in [-0.05, 0) is 23.1 Å². The molecular weight excluding hydrogens is 274 g/mol. The average molecular weight is 289 g/mol. The Morgan fingerprint density at radius 2 is 1.57 bits per heavy atom. The minimum Gasteiger partial charge on any atom is -0.343 e. The molecule has 0 spiro atoms. The summed E-state index contributed by atoms with van der Waals surface area (Å²) in [6.45, 7) is 0. The first-order valence-corrected chi connectivity index (χ1v) is 7.91. The lowest BCUT2D eigenvalue weighted by molar-refractivity contribution is 0.979. The van der Waals surface area contributed by atoms with E-state index in [1.807, 2.05) is 0 Å². The molecule has 0 aliphatic carbocycles. The molecule has 0 aliphatic rings. The second kappa shape index (κ2) is 4.90. The molecule has 0 atom stereocenters. The summed E-state index contributed by atoms with van der Waals surface area (Å²) in [7, 11) is 2.15. The van der Waals surface area contributed by atoms with Gasteiger partial charge in [-0.3, -0.25) is 0 Å². The second-order valence-electron chi connectivity index (χ2n) is 5.14. The van der Waals surface area contributed by atoms with Crippen molar-refractivity contribution in [2.75, 3.05) is 0 Å². The van der Waals surface area contributed by atoms with Crippen molar-refractivity contribution >= 4 is 22.2 Å². The maximum absolute atomic E-state index is 2.31. The summed E-state index contributed by atoms with van der Waals surface area (Å²) in [6, 6.07) is 23.6. The maximum Gasteiger partial charge on any atom is 0.0576 e. The number of rotatable bonds is 2. The molecule has 4 rings (SSSR count). The topological polar surface area (TPSA) is 4.93 Å². The Balaban J connectivity index is 2.15. The zero-order valence-electron chi connectivity index (χ0n) is 11.8. The lowest BCUT2D eigenvalue weighted by Gasteiger charge is -2.07. The van der Waals surface area contributed by atoms with Gasteiger partial charge < -0.3 is 4.57 Å². The number of aryl methyl sites for hydroxylation is 1. The van der Waals surface area contributed by atoms with Crippen molar-refractivity contribution in [3.8, 4) is 21.7 Å². The van der Waals surface area contributed by atoms with Gasteiger partial charge in [0.1, 0.15) is 0 Å². The highest BCUT2D eigenvalue weighted by Crippen LogP contribution is 2.41. The monoisotopic (exact) mass is 289 g/mol. The molecule has 0 saturated heterocycles. The van der Waals surface area contributed by atoms with Gasteiger partial charge in [0.25, 0.3) is 0 Å². The Morgan fingerprint density at radius 1 is 0.810 bits per heavy atom. The molecule has 0 unspecified atom stereocenters. The fraction of sp³-hybridized carbons (Fsp3) is 0.0526. The van der Waals surface area contributed by atoms with Crippen LogP contribution in [-0.2, 0) is 7.05 Å². The largest absolute Gasteiger partial charge is 0.343 e. The molecule has 4 aromatic rings. The van der Waals surface area contributed by atoms with Gasteiger partial charge in [0.15, 0.2) is 0 Å². The molecular formula is C19H15NS. The van der Waals surface area contributed by atoms with Crippen LogP contribution in [0.5, 0.6) is 0 Å². The van der Waals surface area contributed by atoms with E-state index in [9.17, 15) is 0 Å². The van der Waals surface area contributed by atoms with Gasteiger partial charge in [-0.2, -0.15) is 0 Å². The Kier molecular flexibility index (Phi) is 2.90. The number of aromatic nitrogens is 1. The Labute approximate surface area is 128 Å². The molecule has 2 heterocycles.